The van der Waals surface area contributed by atoms with Gasteiger partial charge >= 0.3 is 6.03 Å². The molecule has 1 rings (SSSR count). The molecule has 2 N–H and O–H groups in total. The summed E-state index contributed by atoms with van der Waals surface area (Å²) in [5.41, 5.74) is -1.15. The van der Waals surface area contributed by atoms with Gasteiger partial charge in [-0.2, -0.15) is 0 Å². The number of imide groups is 1. The highest BCUT2D eigenvalue weighted by Crippen LogP contribution is 2.17. The highest BCUT2D eigenvalue weighted by Gasteiger charge is 2.49. The van der Waals surface area contributed by atoms with Crippen LogP contribution in [-0.2, 0) is 14.3 Å². The quantitative estimate of drug-likeness (QED) is 0.449. The third kappa shape index (κ3) is 1.50. The van der Waals surface area contributed by atoms with Crippen molar-refractivity contribution >= 4 is 11.9 Å². The molecule has 6 nitrogen and oxygen atoms in total. The first-order chi connectivity index (χ1) is 6.04. The largest absolute Gasteiger partial charge is 0.353 e. The van der Waals surface area contributed by atoms with Crippen molar-refractivity contribution in [2.75, 3.05) is 14.2 Å². The molecule has 1 fully saturated rings. The Morgan fingerprint density at radius 3 is 2.15 bits per heavy atom. The summed E-state index contributed by atoms with van der Waals surface area (Å²) in [6.45, 7) is 1.53. The van der Waals surface area contributed by atoms with Crippen LogP contribution < -0.4 is 10.6 Å². The molecule has 1 saturated heterocycles. The van der Waals surface area contributed by atoms with Gasteiger partial charge in [-0.15, -0.1) is 0 Å². The number of amides is 3. The Bertz CT molecular complexity index is 239. The Kier molecular flexibility index (Phi) is 2.53. The summed E-state index contributed by atoms with van der Waals surface area (Å²) < 4.78 is 9.81. The van der Waals surface area contributed by atoms with Crippen molar-refractivity contribution < 1.29 is 19.1 Å². The lowest BCUT2D eigenvalue weighted by Crippen LogP contribution is -2.55. The Morgan fingerprint density at radius 2 is 1.85 bits per heavy atom. The fourth-order valence-corrected chi connectivity index (χ4v) is 1.29. The molecule has 1 aliphatic rings. The standard InChI is InChI=1S/C7H12N2O4/c1-7(5(12-2)13-3)4(10)8-6(11)9-7/h5H,1-3H3,(H2,8,9,10,11)/t7-/m0/s1. The summed E-state index contributed by atoms with van der Waals surface area (Å²) in [6, 6.07) is -0.536. The molecule has 13 heavy (non-hydrogen) atoms. The Morgan fingerprint density at radius 1 is 1.31 bits per heavy atom. The number of ether oxygens (including phenoxy) is 2. The summed E-state index contributed by atoms with van der Waals surface area (Å²) in [6.07, 6.45) is -0.793. The number of nitrogens with one attached hydrogen (secondary N) is 2. The van der Waals surface area contributed by atoms with Crippen LogP contribution >= 0.6 is 0 Å². The smallest absolute Gasteiger partial charge is 0.322 e. The minimum atomic E-state index is -1.15. The normalized spacial score (nSPS) is 27.7. The number of urea groups is 1. The van der Waals surface area contributed by atoms with E-state index in [0.29, 0.717) is 0 Å². The third-order valence-electron chi connectivity index (χ3n) is 1.97. The van der Waals surface area contributed by atoms with E-state index in [1.165, 1.54) is 21.1 Å². The van der Waals surface area contributed by atoms with Crippen LogP contribution in [0.5, 0.6) is 0 Å². The summed E-state index contributed by atoms with van der Waals surface area (Å²) in [5.74, 6) is -0.453. The van der Waals surface area contributed by atoms with Crippen molar-refractivity contribution in [3.05, 3.63) is 0 Å². The zero-order valence-electron chi connectivity index (χ0n) is 7.71. The molecule has 0 spiro atoms. The average molecular weight is 188 g/mol. The SMILES string of the molecule is COC(OC)[C@@]1(C)NC(=O)NC1=O. The van der Waals surface area contributed by atoms with E-state index < -0.39 is 23.8 Å². The van der Waals surface area contributed by atoms with E-state index in [-0.39, 0.29) is 0 Å². The molecule has 3 amide bonds. The molecule has 74 valence electrons. The second-order valence-electron chi connectivity index (χ2n) is 2.91. The van der Waals surface area contributed by atoms with Gasteiger partial charge in [0.1, 0.15) is 0 Å². The molecular formula is C7H12N2O4. The maximum absolute atomic E-state index is 11.3. The Hall–Kier alpha value is -1.14. The molecule has 0 unspecified atom stereocenters. The number of rotatable bonds is 3. The number of hydrogen-bond acceptors (Lipinski definition) is 4. The molecule has 1 atom stereocenters. The van der Waals surface area contributed by atoms with Crippen molar-refractivity contribution in [3.8, 4) is 0 Å². The molecule has 0 aliphatic carbocycles. The average Bonchev–Trinajstić information content (AvgIpc) is 2.29. The fourth-order valence-electron chi connectivity index (χ4n) is 1.29. The molecular weight excluding hydrogens is 176 g/mol. The number of methoxy groups -OCH3 is 2. The van der Waals surface area contributed by atoms with Crippen molar-refractivity contribution in [3.63, 3.8) is 0 Å². The van der Waals surface area contributed by atoms with Crippen molar-refractivity contribution in [2.24, 2.45) is 0 Å². The van der Waals surface area contributed by atoms with E-state index in [2.05, 4.69) is 10.6 Å². The molecule has 0 aromatic carbocycles. The van der Waals surface area contributed by atoms with Crippen molar-refractivity contribution in [2.45, 2.75) is 18.8 Å². The first-order valence-electron chi connectivity index (χ1n) is 3.73. The van der Waals surface area contributed by atoms with Crippen LogP contribution in [0.3, 0.4) is 0 Å². The van der Waals surface area contributed by atoms with Crippen LogP contribution in [0.4, 0.5) is 4.79 Å². The summed E-state index contributed by atoms with van der Waals surface area (Å²) in [5, 5.41) is 4.54. The van der Waals surface area contributed by atoms with Gasteiger partial charge in [0, 0.05) is 14.2 Å². The van der Waals surface area contributed by atoms with E-state index in [1.807, 2.05) is 0 Å². The zero-order valence-corrected chi connectivity index (χ0v) is 7.71. The zero-order chi connectivity index (χ0) is 10.1. The minimum absolute atomic E-state index is 0.453. The predicted molar refractivity (Wildman–Crippen MR) is 42.9 cm³/mol. The summed E-state index contributed by atoms with van der Waals surface area (Å²) in [4.78, 5) is 22.2. The molecule has 0 saturated carbocycles. The van der Waals surface area contributed by atoms with E-state index in [9.17, 15) is 9.59 Å². The topological polar surface area (TPSA) is 76.7 Å². The van der Waals surface area contributed by atoms with Crippen molar-refractivity contribution in [1.29, 1.82) is 0 Å². The minimum Gasteiger partial charge on any atom is -0.353 e. The highest BCUT2D eigenvalue weighted by atomic mass is 16.7. The fraction of sp³-hybridized carbons (Fsp3) is 0.714. The first kappa shape index (κ1) is 9.94. The highest BCUT2D eigenvalue weighted by molar-refractivity contribution is 6.07. The molecule has 1 heterocycles. The van der Waals surface area contributed by atoms with Gasteiger partial charge in [0.2, 0.25) is 0 Å². The van der Waals surface area contributed by atoms with Crippen molar-refractivity contribution in [1.82, 2.24) is 10.6 Å². The van der Waals surface area contributed by atoms with E-state index >= 15 is 0 Å². The van der Waals surface area contributed by atoms with Gasteiger partial charge in [0.15, 0.2) is 11.8 Å². The number of carbonyl (C=O) groups is 2. The van der Waals surface area contributed by atoms with Gasteiger partial charge in [-0.25, -0.2) is 4.79 Å². The predicted octanol–water partition coefficient (Wildman–Crippen LogP) is -0.797. The summed E-state index contributed by atoms with van der Waals surface area (Å²) in [7, 11) is 2.80. The lowest BCUT2D eigenvalue weighted by atomic mass is 10.0. The Balaban J connectivity index is 2.86. The van der Waals surface area contributed by atoms with Crippen LogP contribution in [0.2, 0.25) is 0 Å². The molecule has 0 aromatic rings. The number of hydrogen-bond donors (Lipinski definition) is 2. The van der Waals surface area contributed by atoms with Crippen LogP contribution in [0.15, 0.2) is 0 Å². The number of carbonyl (C=O) groups excluding carboxylic acids is 2. The monoisotopic (exact) mass is 188 g/mol. The van der Waals surface area contributed by atoms with E-state index in [4.69, 9.17) is 9.47 Å². The molecule has 1 aliphatic heterocycles. The third-order valence-corrected chi connectivity index (χ3v) is 1.97. The second kappa shape index (κ2) is 3.31. The lowest BCUT2D eigenvalue weighted by molar-refractivity contribution is -0.161. The van der Waals surface area contributed by atoms with Crippen LogP contribution in [0, 0.1) is 0 Å². The second-order valence-corrected chi connectivity index (χ2v) is 2.91. The maximum Gasteiger partial charge on any atom is 0.322 e. The lowest BCUT2D eigenvalue weighted by Gasteiger charge is -2.28. The van der Waals surface area contributed by atoms with Crippen LogP contribution in [0.1, 0.15) is 6.92 Å². The van der Waals surface area contributed by atoms with Gasteiger partial charge in [-0.05, 0) is 6.92 Å². The van der Waals surface area contributed by atoms with E-state index in [0.717, 1.165) is 0 Å². The van der Waals surface area contributed by atoms with Gasteiger partial charge in [-0.3, -0.25) is 10.1 Å². The molecule has 0 bridgehead atoms. The van der Waals surface area contributed by atoms with Gasteiger partial charge < -0.3 is 14.8 Å². The molecule has 0 radical (unpaired) electrons. The maximum atomic E-state index is 11.3. The molecule has 6 heteroatoms. The Labute approximate surface area is 75.6 Å². The van der Waals surface area contributed by atoms with Crippen LogP contribution in [0.25, 0.3) is 0 Å². The van der Waals surface area contributed by atoms with Gasteiger partial charge in [-0.1, -0.05) is 0 Å². The molecule has 0 aromatic heterocycles. The summed E-state index contributed by atoms with van der Waals surface area (Å²) >= 11 is 0. The van der Waals surface area contributed by atoms with Crippen LogP contribution in [-0.4, -0.2) is 38.0 Å². The van der Waals surface area contributed by atoms with Gasteiger partial charge in [0.05, 0.1) is 0 Å². The first-order valence-corrected chi connectivity index (χ1v) is 3.73. The van der Waals surface area contributed by atoms with E-state index in [1.54, 1.807) is 0 Å². The van der Waals surface area contributed by atoms with Gasteiger partial charge in [0.25, 0.3) is 5.91 Å².